The van der Waals surface area contributed by atoms with Crippen molar-refractivity contribution in [3.8, 4) is 28.4 Å². The maximum atomic E-state index is 13.2. The van der Waals surface area contributed by atoms with E-state index in [9.17, 15) is 13.2 Å². The summed E-state index contributed by atoms with van der Waals surface area (Å²) >= 11 is 0. The highest BCUT2D eigenvalue weighted by Crippen LogP contribution is 2.39. The van der Waals surface area contributed by atoms with Crippen molar-refractivity contribution < 1.29 is 27.4 Å². The third-order valence-electron chi connectivity index (χ3n) is 4.94. The monoisotopic (exact) mass is 471 g/mol. The minimum atomic E-state index is -3.64. The van der Waals surface area contributed by atoms with Crippen molar-refractivity contribution in [2.75, 3.05) is 38.8 Å². The summed E-state index contributed by atoms with van der Waals surface area (Å²) in [6.45, 7) is 0. The molecule has 0 amide bonds. The molecule has 0 aliphatic rings. The van der Waals surface area contributed by atoms with Crippen LogP contribution in [0.3, 0.4) is 0 Å². The summed E-state index contributed by atoms with van der Waals surface area (Å²) in [7, 11) is 2.10. The zero-order valence-corrected chi connectivity index (χ0v) is 19.4. The molecule has 0 aliphatic carbocycles. The van der Waals surface area contributed by atoms with Gasteiger partial charge in [-0.25, -0.2) is 4.72 Å². The number of methoxy groups -OCH3 is 3. The van der Waals surface area contributed by atoms with Crippen LogP contribution in [0.15, 0.2) is 54.6 Å². The van der Waals surface area contributed by atoms with Crippen LogP contribution in [0, 0.1) is 0 Å². The van der Waals surface area contributed by atoms with Gasteiger partial charge in [0, 0.05) is 23.9 Å². The van der Waals surface area contributed by atoms with E-state index in [2.05, 4.69) is 9.44 Å². The predicted molar refractivity (Wildman–Crippen MR) is 127 cm³/mol. The summed E-state index contributed by atoms with van der Waals surface area (Å²) in [5, 5.41) is 0. The Morgan fingerprint density at radius 3 is 2.06 bits per heavy atom. The minimum absolute atomic E-state index is 0.271. The molecule has 3 aromatic rings. The standard InChI is InChI=1S/C23H25N3O6S/c1-25-33(28,29)26-17-7-5-6-14(10-17)15-8-9-18(19(24)11-15)22(27)16-12-20(30-2)23(32-4)21(13-16)31-3/h5-13,25-26H,24H2,1-4H3. The lowest BCUT2D eigenvalue weighted by Crippen LogP contribution is -2.26. The molecule has 174 valence electrons. The van der Waals surface area contributed by atoms with E-state index in [0.717, 1.165) is 11.1 Å². The highest BCUT2D eigenvalue weighted by atomic mass is 32.2. The summed E-state index contributed by atoms with van der Waals surface area (Å²) in [6.07, 6.45) is 0. The van der Waals surface area contributed by atoms with Gasteiger partial charge in [-0.3, -0.25) is 9.52 Å². The minimum Gasteiger partial charge on any atom is -0.493 e. The first kappa shape index (κ1) is 23.9. The molecule has 9 nitrogen and oxygen atoms in total. The second kappa shape index (κ2) is 9.80. The summed E-state index contributed by atoms with van der Waals surface area (Å²) in [5.74, 6) is 0.787. The van der Waals surface area contributed by atoms with E-state index in [4.69, 9.17) is 19.9 Å². The quantitative estimate of drug-likeness (QED) is 0.323. The highest BCUT2D eigenvalue weighted by Gasteiger charge is 2.20. The molecule has 0 saturated heterocycles. The van der Waals surface area contributed by atoms with Crippen LogP contribution >= 0.6 is 0 Å². The molecular weight excluding hydrogens is 446 g/mol. The van der Waals surface area contributed by atoms with Crippen LogP contribution in [-0.4, -0.2) is 42.6 Å². The van der Waals surface area contributed by atoms with Crippen LogP contribution in [0.1, 0.15) is 15.9 Å². The number of benzene rings is 3. The van der Waals surface area contributed by atoms with E-state index >= 15 is 0 Å². The number of hydrogen-bond donors (Lipinski definition) is 3. The zero-order valence-electron chi connectivity index (χ0n) is 18.6. The molecule has 0 saturated carbocycles. The second-order valence-electron chi connectivity index (χ2n) is 6.94. The summed E-state index contributed by atoms with van der Waals surface area (Å²) in [4.78, 5) is 13.2. The fraction of sp³-hybridized carbons (Fsp3) is 0.174. The number of carbonyl (C=O) groups excluding carboxylic acids is 1. The van der Waals surface area contributed by atoms with Crippen LogP contribution in [0.2, 0.25) is 0 Å². The predicted octanol–water partition coefficient (Wildman–Crippen LogP) is 3.07. The first-order valence-electron chi connectivity index (χ1n) is 9.79. The van der Waals surface area contributed by atoms with Gasteiger partial charge in [0.05, 0.1) is 27.0 Å². The molecule has 0 spiro atoms. The summed E-state index contributed by atoms with van der Waals surface area (Å²) in [6, 6.07) is 15.0. The average Bonchev–Trinajstić information content (AvgIpc) is 2.82. The molecule has 0 radical (unpaired) electrons. The molecule has 0 atom stereocenters. The molecule has 3 rings (SSSR count). The van der Waals surface area contributed by atoms with E-state index in [0.29, 0.717) is 34.1 Å². The zero-order chi connectivity index (χ0) is 24.2. The number of anilines is 2. The van der Waals surface area contributed by atoms with E-state index in [1.54, 1.807) is 48.5 Å². The van der Waals surface area contributed by atoms with Crippen molar-refractivity contribution in [3.63, 3.8) is 0 Å². The Morgan fingerprint density at radius 1 is 0.879 bits per heavy atom. The smallest absolute Gasteiger partial charge is 0.298 e. The Balaban J connectivity index is 1.96. The van der Waals surface area contributed by atoms with Crippen molar-refractivity contribution in [1.82, 2.24) is 4.72 Å². The molecule has 0 fully saturated rings. The molecule has 4 N–H and O–H groups in total. The summed E-state index contributed by atoms with van der Waals surface area (Å²) in [5.41, 5.74) is 8.96. The lowest BCUT2D eigenvalue weighted by atomic mass is 9.97. The molecule has 0 unspecified atom stereocenters. The van der Waals surface area contributed by atoms with E-state index in [-0.39, 0.29) is 11.5 Å². The van der Waals surface area contributed by atoms with Crippen LogP contribution in [-0.2, 0) is 10.2 Å². The third-order valence-corrected chi connectivity index (χ3v) is 5.98. The topological polar surface area (TPSA) is 129 Å². The Labute approximate surface area is 192 Å². The van der Waals surface area contributed by atoms with Gasteiger partial charge in [0.25, 0.3) is 10.2 Å². The normalized spacial score (nSPS) is 11.0. The van der Waals surface area contributed by atoms with Crippen molar-refractivity contribution in [3.05, 3.63) is 65.7 Å². The number of nitrogens with one attached hydrogen (secondary N) is 2. The molecular formula is C23H25N3O6S. The number of ketones is 1. The molecule has 0 heterocycles. The number of carbonyl (C=O) groups is 1. The van der Waals surface area contributed by atoms with Crippen LogP contribution in [0.25, 0.3) is 11.1 Å². The number of rotatable bonds is 9. The highest BCUT2D eigenvalue weighted by molar-refractivity contribution is 7.90. The molecule has 33 heavy (non-hydrogen) atoms. The Bertz CT molecular complexity index is 1270. The van der Waals surface area contributed by atoms with Gasteiger partial charge >= 0.3 is 0 Å². The largest absolute Gasteiger partial charge is 0.493 e. The van der Waals surface area contributed by atoms with Crippen molar-refractivity contribution >= 4 is 27.4 Å². The fourth-order valence-corrected chi connectivity index (χ4v) is 3.82. The first-order chi connectivity index (χ1) is 15.7. The van der Waals surface area contributed by atoms with Gasteiger partial charge in [0.2, 0.25) is 5.75 Å². The van der Waals surface area contributed by atoms with E-state index in [1.807, 2.05) is 6.07 Å². The summed E-state index contributed by atoms with van der Waals surface area (Å²) < 4.78 is 44.1. The van der Waals surface area contributed by atoms with E-state index < -0.39 is 10.2 Å². The number of hydrogen-bond acceptors (Lipinski definition) is 7. The Kier molecular flexibility index (Phi) is 7.10. The average molecular weight is 472 g/mol. The fourth-order valence-electron chi connectivity index (χ4n) is 3.29. The van der Waals surface area contributed by atoms with Crippen molar-refractivity contribution in [1.29, 1.82) is 0 Å². The molecule has 10 heteroatoms. The molecule has 3 aromatic carbocycles. The molecule has 0 bridgehead atoms. The van der Waals surface area contributed by atoms with E-state index in [1.165, 1.54) is 28.4 Å². The van der Waals surface area contributed by atoms with Gasteiger partial charge in [-0.05, 0) is 47.5 Å². The maximum absolute atomic E-state index is 13.2. The van der Waals surface area contributed by atoms with Crippen LogP contribution in [0.5, 0.6) is 17.2 Å². The van der Waals surface area contributed by atoms with Crippen molar-refractivity contribution in [2.24, 2.45) is 0 Å². The van der Waals surface area contributed by atoms with Gasteiger partial charge in [-0.1, -0.05) is 18.2 Å². The second-order valence-corrected chi connectivity index (χ2v) is 8.55. The Hall–Kier alpha value is -3.76. The van der Waals surface area contributed by atoms with Gasteiger partial charge < -0.3 is 19.9 Å². The maximum Gasteiger partial charge on any atom is 0.298 e. The van der Waals surface area contributed by atoms with Gasteiger partial charge in [-0.2, -0.15) is 8.42 Å². The SMILES string of the molecule is CNS(=O)(=O)Nc1cccc(-c2ccc(C(=O)c3cc(OC)c(OC)c(OC)c3)c(N)c2)c1. The van der Waals surface area contributed by atoms with Gasteiger partial charge in [-0.15, -0.1) is 0 Å². The first-order valence-corrected chi connectivity index (χ1v) is 11.3. The van der Waals surface area contributed by atoms with Gasteiger partial charge in [0.15, 0.2) is 17.3 Å². The van der Waals surface area contributed by atoms with Crippen LogP contribution < -0.4 is 29.4 Å². The third kappa shape index (κ3) is 5.18. The molecule has 0 aliphatic heterocycles. The lowest BCUT2D eigenvalue weighted by molar-refractivity contribution is 0.103. The number of nitrogen functional groups attached to an aromatic ring is 1. The molecule has 0 aromatic heterocycles. The lowest BCUT2D eigenvalue weighted by Gasteiger charge is -2.14. The van der Waals surface area contributed by atoms with Gasteiger partial charge in [0.1, 0.15) is 0 Å². The number of nitrogens with two attached hydrogens (primary N) is 1. The van der Waals surface area contributed by atoms with Crippen molar-refractivity contribution in [2.45, 2.75) is 0 Å². The van der Waals surface area contributed by atoms with Crippen LogP contribution in [0.4, 0.5) is 11.4 Å². The number of ether oxygens (including phenoxy) is 3. The Morgan fingerprint density at radius 2 is 1.52 bits per heavy atom.